The Balaban J connectivity index is 2.36. The number of rotatable bonds is 4. The molecule has 1 N–H and O–H groups in total. The van der Waals surface area contributed by atoms with Crippen LogP contribution in [0, 0.1) is 5.82 Å². The first kappa shape index (κ1) is 14.8. The molecule has 0 aliphatic rings. The van der Waals surface area contributed by atoms with Crippen LogP contribution in [0.5, 0.6) is 11.5 Å². The molecular formula is C16H13FN2O4. The van der Waals surface area contributed by atoms with Crippen molar-refractivity contribution < 1.29 is 23.8 Å². The van der Waals surface area contributed by atoms with Crippen molar-refractivity contribution in [3.05, 3.63) is 48.0 Å². The molecule has 0 unspecified atom stereocenters. The van der Waals surface area contributed by atoms with Gasteiger partial charge in [-0.15, -0.1) is 0 Å². The van der Waals surface area contributed by atoms with Crippen molar-refractivity contribution in [3.63, 3.8) is 0 Å². The van der Waals surface area contributed by atoms with Gasteiger partial charge in [0.05, 0.1) is 14.2 Å². The summed E-state index contributed by atoms with van der Waals surface area (Å²) >= 11 is 0. The molecule has 3 rings (SSSR count). The van der Waals surface area contributed by atoms with Gasteiger partial charge in [0, 0.05) is 11.8 Å². The zero-order valence-electron chi connectivity index (χ0n) is 12.4. The van der Waals surface area contributed by atoms with E-state index in [2.05, 4.69) is 4.98 Å². The van der Waals surface area contributed by atoms with Crippen LogP contribution in [0.3, 0.4) is 0 Å². The number of hydrogen-bond donors (Lipinski definition) is 1. The van der Waals surface area contributed by atoms with Gasteiger partial charge in [0.1, 0.15) is 28.7 Å². The molecule has 0 atom stereocenters. The molecule has 0 saturated carbocycles. The molecule has 0 amide bonds. The van der Waals surface area contributed by atoms with E-state index in [0.29, 0.717) is 22.7 Å². The Kier molecular flexibility index (Phi) is 3.61. The monoisotopic (exact) mass is 316 g/mol. The molecule has 2 aromatic heterocycles. The highest BCUT2D eigenvalue weighted by molar-refractivity contribution is 5.95. The number of ether oxygens (including phenoxy) is 2. The molecule has 0 aliphatic heterocycles. The number of carboxylic acids is 1. The Morgan fingerprint density at radius 1 is 1.22 bits per heavy atom. The van der Waals surface area contributed by atoms with E-state index >= 15 is 0 Å². The summed E-state index contributed by atoms with van der Waals surface area (Å²) in [6.07, 6.45) is 1.09. The first-order valence-electron chi connectivity index (χ1n) is 6.68. The highest BCUT2D eigenvalue weighted by atomic mass is 19.1. The minimum atomic E-state index is -1.22. The summed E-state index contributed by atoms with van der Waals surface area (Å²) < 4.78 is 25.1. The molecule has 118 valence electrons. The molecule has 2 heterocycles. The molecule has 7 heteroatoms. The maximum atomic E-state index is 13.5. The number of carboxylic acid groups (broad SMARTS) is 1. The number of carbonyl (C=O) groups is 1. The molecule has 1 aromatic carbocycles. The molecule has 0 radical (unpaired) electrons. The van der Waals surface area contributed by atoms with Crippen LogP contribution in [0.25, 0.3) is 16.9 Å². The fraction of sp³-hybridized carbons (Fsp3) is 0.125. The minimum absolute atomic E-state index is 0.147. The number of imidazole rings is 1. The van der Waals surface area contributed by atoms with Crippen LogP contribution in [0.15, 0.2) is 36.5 Å². The number of methoxy groups -OCH3 is 2. The highest BCUT2D eigenvalue weighted by Gasteiger charge is 2.23. The summed E-state index contributed by atoms with van der Waals surface area (Å²) in [6, 6.07) is 7.62. The number of fused-ring (bicyclic) bond motifs is 1. The number of aromatic carboxylic acids is 1. The van der Waals surface area contributed by atoms with E-state index in [0.717, 1.165) is 6.20 Å². The van der Waals surface area contributed by atoms with E-state index in [9.17, 15) is 14.3 Å². The van der Waals surface area contributed by atoms with E-state index in [1.54, 1.807) is 18.2 Å². The van der Waals surface area contributed by atoms with Crippen LogP contribution in [-0.4, -0.2) is 34.7 Å². The third-order valence-corrected chi connectivity index (χ3v) is 3.45. The van der Waals surface area contributed by atoms with Crippen LogP contribution >= 0.6 is 0 Å². The summed E-state index contributed by atoms with van der Waals surface area (Å²) in [6.45, 7) is 0. The molecule has 3 aromatic rings. The van der Waals surface area contributed by atoms with Gasteiger partial charge < -0.3 is 14.6 Å². The summed E-state index contributed by atoms with van der Waals surface area (Å²) in [4.78, 5) is 16.0. The fourth-order valence-electron chi connectivity index (χ4n) is 2.41. The van der Waals surface area contributed by atoms with Gasteiger partial charge in [-0.25, -0.2) is 14.2 Å². The van der Waals surface area contributed by atoms with Gasteiger partial charge in [-0.2, -0.15) is 0 Å². The topological polar surface area (TPSA) is 73.1 Å². The van der Waals surface area contributed by atoms with Crippen molar-refractivity contribution in [1.82, 2.24) is 9.38 Å². The number of nitrogens with zero attached hydrogens (tertiary/aromatic N) is 2. The second-order valence-electron chi connectivity index (χ2n) is 4.76. The van der Waals surface area contributed by atoms with Gasteiger partial charge in [0.25, 0.3) is 0 Å². The number of halogens is 1. The first-order valence-corrected chi connectivity index (χ1v) is 6.68. The molecule has 23 heavy (non-hydrogen) atoms. The molecule has 6 nitrogen and oxygen atoms in total. The number of hydrogen-bond acceptors (Lipinski definition) is 4. The zero-order valence-corrected chi connectivity index (χ0v) is 12.4. The average Bonchev–Trinajstić information content (AvgIpc) is 2.92. The first-order chi connectivity index (χ1) is 11.0. The van der Waals surface area contributed by atoms with Gasteiger partial charge >= 0.3 is 5.97 Å². The molecular weight excluding hydrogens is 303 g/mol. The van der Waals surface area contributed by atoms with Crippen LogP contribution in [-0.2, 0) is 0 Å². The van der Waals surface area contributed by atoms with Crippen LogP contribution in [0.1, 0.15) is 10.5 Å². The number of pyridine rings is 1. The molecule has 0 aliphatic carbocycles. The zero-order chi connectivity index (χ0) is 16.6. The van der Waals surface area contributed by atoms with E-state index in [1.807, 2.05) is 0 Å². The van der Waals surface area contributed by atoms with E-state index < -0.39 is 11.8 Å². The Hall–Kier alpha value is -3.09. The van der Waals surface area contributed by atoms with Crippen molar-refractivity contribution in [2.24, 2.45) is 0 Å². The fourth-order valence-corrected chi connectivity index (χ4v) is 2.41. The Morgan fingerprint density at radius 2 is 2.00 bits per heavy atom. The quantitative estimate of drug-likeness (QED) is 0.801. The number of aromatic nitrogens is 2. The van der Waals surface area contributed by atoms with Crippen molar-refractivity contribution in [2.75, 3.05) is 14.2 Å². The smallest absolute Gasteiger partial charge is 0.355 e. The minimum Gasteiger partial charge on any atom is -0.497 e. The largest absolute Gasteiger partial charge is 0.497 e. The summed E-state index contributed by atoms with van der Waals surface area (Å²) in [5.74, 6) is -0.804. The predicted octanol–water partition coefficient (Wildman–Crippen LogP) is 2.86. The van der Waals surface area contributed by atoms with Crippen molar-refractivity contribution in [2.45, 2.75) is 0 Å². The standard InChI is InChI=1S/C16H13FN2O4/c1-22-10-4-5-12(23-2)11(7-10)14-15(16(20)21)19-8-9(17)3-6-13(19)18-14/h3-8H,1-2H3,(H,20,21). The van der Waals surface area contributed by atoms with Crippen molar-refractivity contribution >= 4 is 11.6 Å². The second kappa shape index (κ2) is 5.60. The Labute approximate surface area is 130 Å². The van der Waals surface area contributed by atoms with Gasteiger partial charge in [-0.3, -0.25) is 4.40 Å². The van der Waals surface area contributed by atoms with Gasteiger partial charge in [0.2, 0.25) is 0 Å². The molecule has 0 spiro atoms. The van der Waals surface area contributed by atoms with Gasteiger partial charge in [0.15, 0.2) is 5.69 Å². The maximum Gasteiger partial charge on any atom is 0.355 e. The molecule has 0 fully saturated rings. The lowest BCUT2D eigenvalue weighted by molar-refractivity contribution is 0.0690. The van der Waals surface area contributed by atoms with Crippen LogP contribution < -0.4 is 9.47 Å². The normalized spacial score (nSPS) is 10.7. The lowest BCUT2D eigenvalue weighted by Crippen LogP contribution is -2.04. The maximum absolute atomic E-state index is 13.5. The summed E-state index contributed by atoms with van der Waals surface area (Å²) in [5.41, 5.74) is 0.807. The van der Waals surface area contributed by atoms with Crippen molar-refractivity contribution in [1.29, 1.82) is 0 Å². The molecule has 0 saturated heterocycles. The Bertz CT molecular complexity index is 904. The second-order valence-corrected chi connectivity index (χ2v) is 4.76. The number of benzene rings is 1. The van der Waals surface area contributed by atoms with Crippen LogP contribution in [0.2, 0.25) is 0 Å². The summed E-state index contributed by atoms with van der Waals surface area (Å²) in [7, 11) is 2.98. The predicted molar refractivity (Wildman–Crippen MR) is 80.6 cm³/mol. The lowest BCUT2D eigenvalue weighted by atomic mass is 10.1. The lowest BCUT2D eigenvalue weighted by Gasteiger charge is -2.09. The van der Waals surface area contributed by atoms with Gasteiger partial charge in [-0.05, 0) is 30.3 Å². The van der Waals surface area contributed by atoms with Crippen molar-refractivity contribution in [3.8, 4) is 22.8 Å². The summed E-state index contributed by atoms with van der Waals surface area (Å²) in [5, 5.41) is 9.54. The van der Waals surface area contributed by atoms with E-state index in [4.69, 9.17) is 9.47 Å². The third kappa shape index (κ3) is 2.46. The SMILES string of the molecule is COc1ccc(OC)c(-c2nc3ccc(F)cn3c2C(=O)O)c1. The average molecular weight is 316 g/mol. The third-order valence-electron chi connectivity index (χ3n) is 3.45. The molecule has 0 bridgehead atoms. The Morgan fingerprint density at radius 3 is 2.65 bits per heavy atom. The van der Waals surface area contributed by atoms with Crippen LogP contribution in [0.4, 0.5) is 4.39 Å². The highest BCUT2D eigenvalue weighted by Crippen LogP contribution is 2.35. The van der Waals surface area contributed by atoms with E-state index in [-0.39, 0.29) is 11.4 Å². The van der Waals surface area contributed by atoms with E-state index in [1.165, 1.54) is 30.8 Å². The van der Waals surface area contributed by atoms with Gasteiger partial charge in [-0.1, -0.05) is 0 Å².